The molecule has 1 fully saturated rings. The molecule has 5 heteroatoms. The minimum Gasteiger partial charge on any atom is -0.395 e. The van der Waals surface area contributed by atoms with Crippen LogP contribution in [0.4, 0.5) is 5.69 Å². The molecular weight excluding hydrogens is 264 g/mol. The van der Waals surface area contributed by atoms with E-state index in [1.807, 2.05) is 24.0 Å². The molecule has 0 unspecified atom stereocenters. The number of aryl methyl sites for hydroxylation is 1. The van der Waals surface area contributed by atoms with E-state index in [4.69, 9.17) is 11.6 Å². The third kappa shape index (κ3) is 3.69. The van der Waals surface area contributed by atoms with Crippen molar-refractivity contribution in [3.63, 3.8) is 0 Å². The van der Waals surface area contributed by atoms with Gasteiger partial charge in [0.2, 0.25) is 5.91 Å². The fraction of sp³-hybridized carbons (Fsp3) is 0.500. The van der Waals surface area contributed by atoms with Gasteiger partial charge in [-0.3, -0.25) is 9.69 Å². The SMILES string of the molecule is Cc1ccc(NC(=O)CN2CCC[C@@H]2CO)cc1Cl. The summed E-state index contributed by atoms with van der Waals surface area (Å²) in [6.45, 7) is 3.22. The summed E-state index contributed by atoms with van der Waals surface area (Å²) in [4.78, 5) is 14.0. The number of likely N-dealkylation sites (tertiary alicyclic amines) is 1. The average molecular weight is 283 g/mol. The molecule has 0 aromatic heterocycles. The Hall–Kier alpha value is -1.10. The maximum atomic E-state index is 11.9. The van der Waals surface area contributed by atoms with Crippen LogP contribution >= 0.6 is 11.6 Å². The van der Waals surface area contributed by atoms with Crippen molar-refractivity contribution in [2.45, 2.75) is 25.8 Å². The molecule has 19 heavy (non-hydrogen) atoms. The van der Waals surface area contributed by atoms with E-state index < -0.39 is 0 Å². The second kappa shape index (κ2) is 6.37. The Balaban J connectivity index is 1.92. The fourth-order valence-corrected chi connectivity index (χ4v) is 2.55. The van der Waals surface area contributed by atoms with Gasteiger partial charge in [0.1, 0.15) is 0 Å². The molecule has 0 bridgehead atoms. The van der Waals surface area contributed by atoms with Gasteiger partial charge in [-0.2, -0.15) is 0 Å². The molecule has 4 nitrogen and oxygen atoms in total. The Labute approximate surface area is 118 Å². The van der Waals surface area contributed by atoms with Crippen molar-refractivity contribution >= 4 is 23.2 Å². The van der Waals surface area contributed by atoms with Crippen LogP contribution in [0.1, 0.15) is 18.4 Å². The summed E-state index contributed by atoms with van der Waals surface area (Å²) in [5, 5.41) is 12.7. The predicted molar refractivity (Wildman–Crippen MR) is 76.5 cm³/mol. The number of aliphatic hydroxyl groups is 1. The first-order chi connectivity index (χ1) is 9.10. The molecule has 104 valence electrons. The largest absolute Gasteiger partial charge is 0.395 e. The second-order valence-electron chi connectivity index (χ2n) is 4.96. The highest BCUT2D eigenvalue weighted by Gasteiger charge is 2.25. The third-order valence-corrected chi connectivity index (χ3v) is 3.92. The lowest BCUT2D eigenvalue weighted by Crippen LogP contribution is -2.38. The van der Waals surface area contributed by atoms with Crippen LogP contribution in [0.2, 0.25) is 5.02 Å². The summed E-state index contributed by atoms with van der Waals surface area (Å²) in [6, 6.07) is 5.59. The second-order valence-corrected chi connectivity index (χ2v) is 5.37. The van der Waals surface area contributed by atoms with E-state index in [0.717, 1.165) is 24.9 Å². The molecule has 0 saturated carbocycles. The number of carbonyl (C=O) groups excluding carboxylic acids is 1. The smallest absolute Gasteiger partial charge is 0.238 e. The van der Waals surface area contributed by atoms with E-state index >= 15 is 0 Å². The maximum absolute atomic E-state index is 11.9. The van der Waals surface area contributed by atoms with Crippen molar-refractivity contribution in [1.82, 2.24) is 4.90 Å². The molecular formula is C14H19ClN2O2. The van der Waals surface area contributed by atoms with Crippen LogP contribution in [0.25, 0.3) is 0 Å². The van der Waals surface area contributed by atoms with Gasteiger partial charge < -0.3 is 10.4 Å². The lowest BCUT2D eigenvalue weighted by Gasteiger charge is -2.21. The van der Waals surface area contributed by atoms with Gasteiger partial charge in [-0.05, 0) is 44.0 Å². The van der Waals surface area contributed by atoms with Crippen molar-refractivity contribution in [3.8, 4) is 0 Å². The minimum absolute atomic E-state index is 0.0692. The Morgan fingerprint density at radius 2 is 2.37 bits per heavy atom. The summed E-state index contributed by atoms with van der Waals surface area (Å²) >= 11 is 6.02. The first-order valence-corrected chi connectivity index (χ1v) is 6.89. The van der Waals surface area contributed by atoms with Crippen LogP contribution in [-0.4, -0.2) is 41.7 Å². The monoisotopic (exact) mass is 282 g/mol. The normalized spacial score (nSPS) is 19.6. The molecule has 1 aliphatic heterocycles. The number of anilines is 1. The summed E-state index contributed by atoms with van der Waals surface area (Å²) < 4.78 is 0. The Morgan fingerprint density at radius 1 is 1.58 bits per heavy atom. The number of benzene rings is 1. The van der Waals surface area contributed by atoms with Gasteiger partial charge in [-0.25, -0.2) is 0 Å². The summed E-state index contributed by atoms with van der Waals surface area (Å²) in [5.41, 5.74) is 1.69. The number of rotatable bonds is 4. The molecule has 0 aliphatic carbocycles. The van der Waals surface area contributed by atoms with E-state index in [9.17, 15) is 9.90 Å². The molecule has 1 aliphatic rings. The van der Waals surface area contributed by atoms with E-state index in [2.05, 4.69) is 5.32 Å². The summed E-state index contributed by atoms with van der Waals surface area (Å²) in [7, 11) is 0. The molecule has 0 radical (unpaired) electrons. The van der Waals surface area contributed by atoms with Gasteiger partial charge in [-0.15, -0.1) is 0 Å². The molecule has 1 aromatic carbocycles. The average Bonchev–Trinajstić information content (AvgIpc) is 2.81. The van der Waals surface area contributed by atoms with E-state index in [1.54, 1.807) is 6.07 Å². The lowest BCUT2D eigenvalue weighted by molar-refractivity contribution is -0.117. The number of carbonyl (C=O) groups is 1. The zero-order valence-corrected chi connectivity index (χ0v) is 11.8. The molecule has 1 saturated heterocycles. The summed E-state index contributed by atoms with van der Waals surface area (Å²) in [6.07, 6.45) is 2.00. The van der Waals surface area contributed by atoms with Crippen LogP contribution in [0.5, 0.6) is 0 Å². The van der Waals surface area contributed by atoms with Crippen molar-refractivity contribution in [2.24, 2.45) is 0 Å². The summed E-state index contributed by atoms with van der Waals surface area (Å²) in [5.74, 6) is -0.0692. The van der Waals surface area contributed by atoms with Crippen molar-refractivity contribution in [1.29, 1.82) is 0 Å². The number of halogens is 1. The van der Waals surface area contributed by atoms with E-state index in [0.29, 0.717) is 17.3 Å². The standard InChI is InChI=1S/C14H19ClN2O2/c1-10-4-5-11(7-13(10)15)16-14(19)8-17-6-2-3-12(17)9-18/h4-5,7,12,18H,2-3,6,8-9H2,1H3,(H,16,19)/t12-/m1/s1. The zero-order chi connectivity index (χ0) is 13.8. The molecule has 2 N–H and O–H groups in total. The predicted octanol–water partition coefficient (Wildman–Crippen LogP) is 2.04. The zero-order valence-electron chi connectivity index (χ0n) is 11.0. The highest BCUT2D eigenvalue weighted by Crippen LogP contribution is 2.20. The first-order valence-electron chi connectivity index (χ1n) is 6.51. The van der Waals surface area contributed by atoms with Gasteiger partial charge in [0.05, 0.1) is 13.2 Å². The number of amides is 1. The molecule has 2 rings (SSSR count). The van der Waals surface area contributed by atoms with Gasteiger partial charge in [0, 0.05) is 16.8 Å². The lowest BCUT2D eigenvalue weighted by atomic mass is 10.2. The minimum atomic E-state index is -0.0692. The number of aliphatic hydroxyl groups excluding tert-OH is 1. The Kier molecular flexibility index (Phi) is 4.80. The topological polar surface area (TPSA) is 52.6 Å². The molecule has 0 spiro atoms. The number of hydrogen-bond acceptors (Lipinski definition) is 3. The van der Waals surface area contributed by atoms with Gasteiger partial charge in [-0.1, -0.05) is 17.7 Å². The fourth-order valence-electron chi connectivity index (χ4n) is 2.37. The van der Waals surface area contributed by atoms with Gasteiger partial charge >= 0.3 is 0 Å². The Bertz CT molecular complexity index is 465. The number of hydrogen-bond donors (Lipinski definition) is 2. The number of nitrogens with one attached hydrogen (secondary N) is 1. The first kappa shape index (κ1) is 14.3. The van der Waals surface area contributed by atoms with E-state index in [-0.39, 0.29) is 18.6 Å². The van der Waals surface area contributed by atoms with Crippen LogP contribution in [0.15, 0.2) is 18.2 Å². The van der Waals surface area contributed by atoms with E-state index in [1.165, 1.54) is 0 Å². The molecule has 1 atom stereocenters. The third-order valence-electron chi connectivity index (χ3n) is 3.51. The molecule has 1 heterocycles. The quantitative estimate of drug-likeness (QED) is 0.889. The molecule has 1 amide bonds. The van der Waals surface area contributed by atoms with Crippen molar-refractivity contribution in [3.05, 3.63) is 28.8 Å². The molecule has 1 aromatic rings. The van der Waals surface area contributed by atoms with Crippen molar-refractivity contribution in [2.75, 3.05) is 25.0 Å². The highest BCUT2D eigenvalue weighted by atomic mass is 35.5. The van der Waals surface area contributed by atoms with Crippen LogP contribution in [-0.2, 0) is 4.79 Å². The van der Waals surface area contributed by atoms with Crippen molar-refractivity contribution < 1.29 is 9.90 Å². The van der Waals surface area contributed by atoms with Gasteiger partial charge in [0.15, 0.2) is 0 Å². The maximum Gasteiger partial charge on any atom is 0.238 e. The van der Waals surface area contributed by atoms with Crippen LogP contribution in [0, 0.1) is 6.92 Å². The highest BCUT2D eigenvalue weighted by molar-refractivity contribution is 6.31. The van der Waals surface area contributed by atoms with Crippen LogP contribution in [0.3, 0.4) is 0 Å². The van der Waals surface area contributed by atoms with Crippen LogP contribution < -0.4 is 5.32 Å². The Morgan fingerprint density at radius 3 is 3.05 bits per heavy atom. The number of nitrogens with zero attached hydrogens (tertiary/aromatic N) is 1. The van der Waals surface area contributed by atoms with Gasteiger partial charge in [0.25, 0.3) is 0 Å².